The molecule has 0 amide bonds. The molecule has 0 aliphatic heterocycles. The Hall–Kier alpha value is -2.33. The summed E-state index contributed by atoms with van der Waals surface area (Å²) in [5.74, 6) is -0.220. The van der Waals surface area contributed by atoms with Gasteiger partial charge in [-0.15, -0.1) is 11.3 Å². The molecule has 0 saturated heterocycles. The minimum absolute atomic E-state index is 0.280. The maximum absolute atomic E-state index is 12.3. The highest BCUT2D eigenvalue weighted by Crippen LogP contribution is 2.34. The van der Waals surface area contributed by atoms with E-state index < -0.39 is 32.3 Å². The van der Waals surface area contributed by atoms with Crippen molar-refractivity contribution in [2.75, 3.05) is 6.61 Å². The Kier molecular flexibility index (Phi) is 7.42. The van der Waals surface area contributed by atoms with E-state index in [1.807, 2.05) is 26.2 Å². The van der Waals surface area contributed by atoms with Gasteiger partial charge in [0.15, 0.2) is 0 Å². The third-order valence-electron chi connectivity index (χ3n) is 4.11. The summed E-state index contributed by atoms with van der Waals surface area (Å²) in [4.78, 5) is 29.1. The van der Waals surface area contributed by atoms with Crippen molar-refractivity contribution in [3.05, 3.63) is 56.2 Å². The Bertz CT molecular complexity index is 1130. The fraction of sp³-hybridized carbons (Fsp3) is 0.304. The second-order valence-electron chi connectivity index (χ2n) is 7.60. The van der Waals surface area contributed by atoms with E-state index in [9.17, 15) is 9.59 Å². The summed E-state index contributed by atoms with van der Waals surface area (Å²) in [7, 11) is 0. The largest absolute Gasteiger partial charge is 0.489 e. The van der Waals surface area contributed by atoms with Gasteiger partial charge in [0.25, 0.3) is 0 Å². The lowest BCUT2D eigenvalue weighted by atomic mass is 10.1. The maximum atomic E-state index is 12.3. The third kappa shape index (κ3) is 5.68. The van der Waals surface area contributed by atoms with E-state index in [0.29, 0.717) is 23.5 Å². The van der Waals surface area contributed by atoms with E-state index in [0.717, 1.165) is 19.4 Å². The van der Waals surface area contributed by atoms with Crippen molar-refractivity contribution >= 4 is 58.6 Å². The second kappa shape index (κ2) is 9.86. The summed E-state index contributed by atoms with van der Waals surface area (Å²) in [6, 6.07) is 6.91. The van der Waals surface area contributed by atoms with Crippen molar-refractivity contribution in [2.45, 2.75) is 39.9 Å². The van der Waals surface area contributed by atoms with Gasteiger partial charge in [-0.05, 0) is 51.3 Å². The number of hydrogen-bond acceptors (Lipinski definition) is 7. The van der Waals surface area contributed by atoms with E-state index in [1.54, 1.807) is 37.4 Å². The van der Waals surface area contributed by atoms with Gasteiger partial charge in [0.1, 0.15) is 21.7 Å². The van der Waals surface area contributed by atoms with Crippen LogP contribution in [-0.4, -0.2) is 33.6 Å². The highest BCUT2D eigenvalue weighted by atomic mass is 127. The highest BCUT2D eigenvalue weighted by molar-refractivity contribution is 14.2. The molecule has 0 fully saturated rings. The number of esters is 2. The van der Waals surface area contributed by atoms with E-state index in [4.69, 9.17) is 14.2 Å². The number of carbonyl (C=O) groups is 2. The molecule has 3 aromatic rings. The number of rotatable bonds is 7. The summed E-state index contributed by atoms with van der Waals surface area (Å²) in [6.07, 6.45) is 1.58. The van der Waals surface area contributed by atoms with Crippen LogP contribution in [0.1, 0.15) is 54.0 Å². The van der Waals surface area contributed by atoms with Crippen molar-refractivity contribution in [3.8, 4) is 5.75 Å². The minimum Gasteiger partial charge on any atom is -0.489 e. The molecule has 0 saturated carbocycles. The molecule has 0 unspecified atom stereocenters. The molecule has 0 aliphatic carbocycles. The molecule has 31 heavy (non-hydrogen) atoms. The monoisotopic (exact) mass is 553 g/mol. The van der Waals surface area contributed by atoms with Crippen molar-refractivity contribution < 1.29 is 23.8 Å². The Balaban J connectivity index is 1.86. The van der Waals surface area contributed by atoms with Crippen molar-refractivity contribution in [1.29, 1.82) is 0 Å². The molecule has 0 N–H and O–H groups in total. The van der Waals surface area contributed by atoms with Gasteiger partial charge in [-0.1, -0.05) is 31.3 Å². The first-order valence-corrected chi connectivity index (χ1v) is 13.1. The minimum atomic E-state index is -0.569. The summed E-state index contributed by atoms with van der Waals surface area (Å²) >= 11 is 0.926. The topological polar surface area (TPSA) is 74.7 Å². The number of carbonyl (C=O) groups excluding carboxylic acids is 2. The van der Waals surface area contributed by atoms with E-state index in [-0.39, 0.29) is 12.6 Å². The first-order valence-electron chi connectivity index (χ1n) is 9.64. The summed E-state index contributed by atoms with van der Waals surface area (Å²) in [6.45, 7) is 7.84. The summed E-state index contributed by atoms with van der Waals surface area (Å²) < 4.78 is 22.4. The van der Waals surface area contributed by atoms with Gasteiger partial charge in [-0.3, -0.25) is 0 Å². The predicted octanol–water partition coefficient (Wildman–Crippen LogP) is 5.58. The van der Waals surface area contributed by atoms with Gasteiger partial charge in [0.05, 0.1) is 22.4 Å². The van der Waals surface area contributed by atoms with Crippen LogP contribution in [0.4, 0.5) is 0 Å². The molecule has 0 radical (unpaired) electrons. The quantitative estimate of drug-likeness (QED) is 0.216. The zero-order chi connectivity index (χ0) is 22.6. The Morgan fingerprint density at radius 2 is 2.00 bits per heavy atom. The van der Waals surface area contributed by atoms with E-state index >= 15 is 0 Å². The van der Waals surface area contributed by atoms with Crippen molar-refractivity contribution in [2.24, 2.45) is 0 Å². The van der Waals surface area contributed by atoms with Crippen LogP contribution in [0.2, 0.25) is 0 Å². The second-order valence-corrected chi connectivity index (χ2v) is 10.3. The normalized spacial score (nSPS) is 11.4. The molecule has 2 heterocycles. The van der Waals surface area contributed by atoms with Crippen molar-refractivity contribution in [1.82, 2.24) is 4.98 Å². The predicted molar refractivity (Wildman–Crippen MR) is 131 cm³/mol. The van der Waals surface area contributed by atoms with Crippen LogP contribution in [-0.2, 0) is 16.1 Å². The van der Waals surface area contributed by atoms with Gasteiger partial charge in [-0.25, -0.2) is 14.6 Å². The molecule has 0 bridgehead atoms. The number of pyridine rings is 1. The molecule has 0 atom stereocenters. The molecular weight excluding hydrogens is 529 g/mol. The number of fused-ring (bicyclic) bond motifs is 1. The first-order chi connectivity index (χ1) is 14.7. The molecular formula is C23H24INO5S. The molecule has 2 aromatic heterocycles. The highest BCUT2D eigenvalue weighted by Gasteiger charge is 2.20. The number of aromatic nitrogens is 1. The van der Waals surface area contributed by atoms with E-state index in [2.05, 4.69) is 9.50 Å². The molecule has 1 aromatic carbocycles. The molecule has 164 valence electrons. The number of halogens is 1. The Morgan fingerprint density at radius 3 is 2.68 bits per heavy atom. The third-order valence-corrected chi connectivity index (χ3v) is 6.71. The van der Waals surface area contributed by atoms with Gasteiger partial charge < -0.3 is 14.2 Å². The van der Waals surface area contributed by atoms with Crippen LogP contribution in [0.5, 0.6) is 5.75 Å². The van der Waals surface area contributed by atoms with Crippen molar-refractivity contribution in [3.63, 3.8) is 0 Å². The molecule has 8 heteroatoms. The average Bonchev–Trinajstić information content (AvgIpc) is 3.15. The lowest BCUT2D eigenvalue weighted by molar-refractivity contribution is 0.00688. The SMILES string of the molecule is C=Ic1ncc(C(=O)OCC)c2scc(COc3cccc(C(=O)OC(C)(C)C)c3)c12. The standard InChI is InChI=1S/C23H24INO5S/c1-6-28-22(27)17-11-25-20(24-5)18-15(13-31-19(17)18)12-29-16-9-7-8-14(10-16)21(26)30-23(2,3)4/h7-11,13H,5-6,12H2,1-4H3. The lowest BCUT2D eigenvalue weighted by Gasteiger charge is -2.19. The fourth-order valence-electron chi connectivity index (χ4n) is 2.84. The number of hydrogen-bond donors (Lipinski definition) is 0. The smallest absolute Gasteiger partial charge is 0.341 e. The van der Waals surface area contributed by atoms with Crippen LogP contribution in [0.3, 0.4) is 0 Å². The molecule has 6 nitrogen and oxygen atoms in total. The maximum Gasteiger partial charge on any atom is 0.341 e. The number of benzene rings is 1. The zero-order valence-electron chi connectivity index (χ0n) is 17.9. The Labute approximate surface area is 195 Å². The van der Waals surface area contributed by atoms with Crippen LogP contribution in [0, 0.1) is 3.70 Å². The van der Waals surface area contributed by atoms with E-state index in [1.165, 1.54) is 11.3 Å². The van der Waals surface area contributed by atoms with Gasteiger partial charge in [0, 0.05) is 17.1 Å². The van der Waals surface area contributed by atoms with Crippen LogP contribution in [0.25, 0.3) is 10.1 Å². The summed E-state index contributed by atoms with van der Waals surface area (Å²) in [5.41, 5.74) is 1.25. The van der Waals surface area contributed by atoms with Crippen LogP contribution >= 0.6 is 32.1 Å². The number of ether oxygens (including phenoxy) is 3. The average molecular weight is 553 g/mol. The van der Waals surface area contributed by atoms with Gasteiger partial charge in [-0.2, -0.15) is 0 Å². The number of thiophene rings is 1. The van der Waals surface area contributed by atoms with Gasteiger partial charge in [0.2, 0.25) is 0 Å². The first kappa shape index (κ1) is 23.3. The fourth-order valence-corrected chi connectivity index (χ4v) is 5.41. The molecule has 0 aliphatic rings. The lowest BCUT2D eigenvalue weighted by Crippen LogP contribution is -2.23. The summed E-state index contributed by atoms with van der Waals surface area (Å²) in [5, 5.41) is 2.89. The van der Waals surface area contributed by atoms with Crippen LogP contribution < -0.4 is 4.74 Å². The van der Waals surface area contributed by atoms with Crippen LogP contribution in [0.15, 0.2) is 35.8 Å². The molecule has 0 spiro atoms. The zero-order valence-corrected chi connectivity index (χ0v) is 20.8. The molecule has 3 rings (SSSR count). The Morgan fingerprint density at radius 1 is 1.23 bits per heavy atom. The number of nitrogens with zero attached hydrogens (tertiary/aromatic N) is 1. The van der Waals surface area contributed by atoms with Gasteiger partial charge >= 0.3 is 11.9 Å².